The summed E-state index contributed by atoms with van der Waals surface area (Å²) in [6.45, 7) is 6.19. The fourth-order valence-electron chi connectivity index (χ4n) is 4.57. The number of hydroxylamine groups is 2. The molecule has 1 N–H and O–H groups in total. The summed E-state index contributed by atoms with van der Waals surface area (Å²) >= 11 is 0. The molecule has 1 aliphatic heterocycles. The molecule has 1 heterocycles. The van der Waals surface area contributed by atoms with E-state index in [1.165, 1.54) is 12.2 Å². The zero-order valence-corrected chi connectivity index (χ0v) is 28.9. The Morgan fingerprint density at radius 3 is 1.52 bits per heavy atom. The first-order chi connectivity index (χ1) is 24.3. The van der Waals surface area contributed by atoms with Gasteiger partial charge in [0.2, 0.25) is 5.91 Å². The van der Waals surface area contributed by atoms with Crippen molar-refractivity contribution in [1.82, 2.24) is 10.4 Å². The molecule has 2 rings (SSSR count). The molecule has 0 aromatic carbocycles. The van der Waals surface area contributed by atoms with Gasteiger partial charge in [-0.3, -0.25) is 24.0 Å². The van der Waals surface area contributed by atoms with Gasteiger partial charge in [-0.05, 0) is 25.0 Å². The number of amides is 3. The molecule has 50 heavy (non-hydrogen) atoms. The van der Waals surface area contributed by atoms with Crippen LogP contribution in [0, 0.1) is 5.92 Å². The topological polar surface area (TPSA) is 201 Å². The van der Waals surface area contributed by atoms with Gasteiger partial charge in [-0.1, -0.05) is 12.8 Å². The highest BCUT2D eigenvalue weighted by Crippen LogP contribution is 2.19. The van der Waals surface area contributed by atoms with E-state index in [1.54, 1.807) is 7.11 Å². The van der Waals surface area contributed by atoms with E-state index in [9.17, 15) is 28.8 Å². The Morgan fingerprint density at radius 1 is 0.660 bits per heavy atom. The summed E-state index contributed by atoms with van der Waals surface area (Å²) in [5.74, 6) is -3.95. The van der Waals surface area contributed by atoms with Crippen LogP contribution >= 0.6 is 0 Å². The van der Waals surface area contributed by atoms with Crippen LogP contribution < -0.4 is 5.32 Å². The summed E-state index contributed by atoms with van der Waals surface area (Å²) in [6.07, 6.45) is 3.56. The monoisotopic (exact) mass is 716 g/mol. The highest BCUT2D eigenvalue weighted by atomic mass is 16.7. The van der Waals surface area contributed by atoms with E-state index in [1.807, 2.05) is 0 Å². The maximum absolute atomic E-state index is 12.8. The summed E-state index contributed by atoms with van der Waals surface area (Å²) < 4.78 is 42.7. The zero-order chi connectivity index (χ0) is 36.2. The molecule has 0 unspecified atom stereocenters. The van der Waals surface area contributed by atoms with Crippen LogP contribution in [-0.2, 0) is 71.5 Å². The summed E-state index contributed by atoms with van der Waals surface area (Å²) in [6, 6.07) is -1.15. The van der Waals surface area contributed by atoms with E-state index < -0.39 is 35.7 Å². The van der Waals surface area contributed by atoms with E-state index in [4.69, 9.17) is 42.7 Å². The number of allylic oxidation sites excluding steroid dienone is 2. The average molecular weight is 717 g/mol. The quantitative estimate of drug-likeness (QED) is 0.0559. The molecule has 0 aromatic rings. The summed E-state index contributed by atoms with van der Waals surface area (Å²) in [4.78, 5) is 77.7. The van der Waals surface area contributed by atoms with Crippen LogP contribution in [0.25, 0.3) is 0 Å². The standard InChI is InChI=1S/C33H52N2O15/c1-42-12-13-44-16-17-46-20-21-48-24-25-49-23-22-47-19-18-45-15-14-43-11-10-30(38)34-27(33(41)50-35-31(39)8-9-32(35)40)5-3-2-4-26-28(36)6-7-29(26)37/h6-7,26-27H,2-5,8-25H2,1H3,(H,34,38)/t27-/m1/s1. The van der Waals surface area contributed by atoms with E-state index in [-0.39, 0.29) is 57.1 Å². The molecule has 3 amide bonds. The highest BCUT2D eigenvalue weighted by Gasteiger charge is 2.35. The number of rotatable bonds is 32. The number of imide groups is 1. The van der Waals surface area contributed by atoms with E-state index in [0.29, 0.717) is 104 Å². The number of hydrogen-bond acceptors (Lipinski definition) is 15. The van der Waals surface area contributed by atoms with E-state index >= 15 is 0 Å². The molecule has 17 heteroatoms. The number of ketones is 2. The van der Waals surface area contributed by atoms with Gasteiger partial charge in [-0.15, -0.1) is 5.06 Å². The molecule has 0 radical (unpaired) electrons. The minimum atomic E-state index is -1.15. The third-order valence-corrected chi connectivity index (χ3v) is 7.28. The predicted molar refractivity (Wildman–Crippen MR) is 172 cm³/mol. The molecule has 1 fully saturated rings. The van der Waals surface area contributed by atoms with Crippen LogP contribution in [0.4, 0.5) is 0 Å². The van der Waals surface area contributed by atoms with Crippen LogP contribution in [0.1, 0.15) is 44.9 Å². The molecule has 0 bridgehead atoms. The maximum atomic E-state index is 12.8. The van der Waals surface area contributed by atoms with Gasteiger partial charge in [-0.2, -0.15) is 0 Å². The van der Waals surface area contributed by atoms with Crippen molar-refractivity contribution in [2.24, 2.45) is 5.92 Å². The smallest absolute Gasteiger partial charge is 0.355 e. The fourth-order valence-corrected chi connectivity index (χ4v) is 4.57. The minimum Gasteiger partial charge on any atom is -0.382 e. The second kappa shape index (κ2) is 27.5. The van der Waals surface area contributed by atoms with Gasteiger partial charge < -0.3 is 48.0 Å². The van der Waals surface area contributed by atoms with Gasteiger partial charge in [-0.25, -0.2) is 4.79 Å². The van der Waals surface area contributed by atoms with Gasteiger partial charge in [0, 0.05) is 26.4 Å². The molecule has 1 aliphatic carbocycles. The van der Waals surface area contributed by atoms with Crippen molar-refractivity contribution in [3.8, 4) is 0 Å². The third kappa shape index (κ3) is 19.3. The van der Waals surface area contributed by atoms with Crippen molar-refractivity contribution in [2.45, 2.75) is 51.0 Å². The first kappa shape index (κ1) is 43.0. The second-order valence-corrected chi connectivity index (χ2v) is 11.1. The van der Waals surface area contributed by atoms with Crippen molar-refractivity contribution in [1.29, 1.82) is 0 Å². The summed E-state index contributed by atoms with van der Waals surface area (Å²) in [5.41, 5.74) is 0. The van der Waals surface area contributed by atoms with Gasteiger partial charge in [0.05, 0.1) is 105 Å². The first-order valence-electron chi connectivity index (χ1n) is 17.0. The Labute approximate surface area is 292 Å². The molecular formula is C33H52N2O15. The molecular weight excluding hydrogens is 664 g/mol. The number of hydrogen-bond donors (Lipinski definition) is 1. The Hall–Kier alpha value is -3.16. The lowest BCUT2D eigenvalue weighted by atomic mass is 9.96. The van der Waals surface area contributed by atoms with Crippen molar-refractivity contribution < 1.29 is 71.5 Å². The summed E-state index contributed by atoms with van der Waals surface area (Å²) in [5, 5.41) is 2.99. The van der Waals surface area contributed by atoms with Crippen molar-refractivity contribution in [3.05, 3.63) is 12.2 Å². The maximum Gasteiger partial charge on any atom is 0.355 e. The van der Waals surface area contributed by atoms with Crippen molar-refractivity contribution in [3.63, 3.8) is 0 Å². The zero-order valence-electron chi connectivity index (χ0n) is 28.9. The van der Waals surface area contributed by atoms with Gasteiger partial charge in [0.15, 0.2) is 11.6 Å². The van der Waals surface area contributed by atoms with Gasteiger partial charge in [0.1, 0.15) is 6.04 Å². The molecule has 284 valence electrons. The van der Waals surface area contributed by atoms with Crippen molar-refractivity contribution >= 4 is 35.3 Å². The Bertz CT molecular complexity index is 1040. The number of ether oxygens (including phenoxy) is 8. The Balaban J connectivity index is 1.46. The van der Waals surface area contributed by atoms with Crippen LogP contribution in [0.5, 0.6) is 0 Å². The predicted octanol–water partition coefficient (Wildman–Crippen LogP) is 0.116. The lowest BCUT2D eigenvalue weighted by molar-refractivity contribution is -0.199. The molecule has 0 aromatic heterocycles. The molecule has 1 atom stereocenters. The molecule has 1 saturated heterocycles. The molecule has 2 aliphatic rings. The van der Waals surface area contributed by atoms with E-state index in [0.717, 1.165) is 0 Å². The van der Waals surface area contributed by atoms with Gasteiger partial charge >= 0.3 is 5.97 Å². The number of methoxy groups -OCH3 is 1. The fraction of sp³-hybridized carbons (Fsp3) is 0.758. The SMILES string of the molecule is COCCOCCOCCOCCOCCOCCOCCOCCC(=O)N[C@H](CCCCC1C(=O)C=CC1=O)C(=O)ON1C(=O)CCC1=O. The number of nitrogens with zero attached hydrogens (tertiary/aromatic N) is 1. The normalized spacial score (nSPS) is 15.4. The average Bonchev–Trinajstić information content (AvgIpc) is 3.60. The highest BCUT2D eigenvalue weighted by molar-refractivity contribution is 6.18. The molecule has 0 spiro atoms. The molecule has 0 saturated carbocycles. The van der Waals surface area contributed by atoms with Crippen LogP contribution in [0.15, 0.2) is 12.2 Å². The third-order valence-electron chi connectivity index (χ3n) is 7.28. The lowest BCUT2D eigenvalue weighted by Gasteiger charge is -2.20. The van der Waals surface area contributed by atoms with Crippen molar-refractivity contribution in [2.75, 3.05) is 106 Å². The Morgan fingerprint density at radius 2 is 1.08 bits per heavy atom. The number of nitrogens with one attached hydrogen (secondary N) is 1. The Kier molecular flexibility index (Phi) is 23.7. The number of carbonyl (C=O) groups is 6. The van der Waals surface area contributed by atoms with E-state index in [2.05, 4.69) is 5.32 Å². The minimum absolute atomic E-state index is 0.0604. The number of unbranched alkanes of at least 4 members (excludes halogenated alkanes) is 1. The first-order valence-corrected chi connectivity index (χ1v) is 17.0. The number of carbonyl (C=O) groups excluding carboxylic acids is 6. The summed E-state index contributed by atoms with van der Waals surface area (Å²) in [7, 11) is 1.62. The van der Waals surface area contributed by atoms with Crippen LogP contribution in [0.3, 0.4) is 0 Å². The molecule has 17 nitrogen and oxygen atoms in total. The largest absolute Gasteiger partial charge is 0.382 e. The van der Waals surface area contributed by atoms with Crippen LogP contribution in [-0.4, -0.2) is 153 Å². The van der Waals surface area contributed by atoms with Crippen LogP contribution in [0.2, 0.25) is 0 Å². The lowest BCUT2D eigenvalue weighted by Crippen LogP contribution is -2.45. The van der Waals surface area contributed by atoms with Gasteiger partial charge in [0.25, 0.3) is 11.8 Å². The second-order valence-electron chi connectivity index (χ2n) is 11.1.